The van der Waals surface area contributed by atoms with Crippen LogP contribution in [0.1, 0.15) is 83.2 Å². The zero-order valence-electron chi connectivity index (χ0n) is 32.0. The van der Waals surface area contributed by atoms with E-state index in [1.54, 1.807) is 19.5 Å². The second kappa shape index (κ2) is 13.2. The maximum Gasteiger partial charge on any atom is 0.256 e. The molecule has 0 saturated heterocycles. The normalized spacial score (nSPS) is 14.1. The Morgan fingerprint density at radius 3 is 1.64 bits per heavy atom. The van der Waals surface area contributed by atoms with Crippen molar-refractivity contribution in [1.82, 2.24) is 40.2 Å². The van der Waals surface area contributed by atoms with Crippen LogP contribution in [0.4, 0.5) is 0 Å². The van der Waals surface area contributed by atoms with Gasteiger partial charge >= 0.3 is 0 Å². The third-order valence-electron chi connectivity index (χ3n) is 10.8. The summed E-state index contributed by atoms with van der Waals surface area (Å²) in [6.07, 6.45) is 8.17. The predicted octanol–water partition coefficient (Wildman–Crippen LogP) is 9.47. The molecule has 0 bridgehead atoms. The summed E-state index contributed by atoms with van der Waals surface area (Å²) < 4.78 is 16.4. The number of aromatic nitrogens is 8. The van der Waals surface area contributed by atoms with E-state index in [9.17, 15) is 4.79 Å². The summed E-state index contributed by atoms with van der Waals surface area (Å²) in [5.74, 6) is 5.29. The van der Waals surface area contributed by atoms with E-state index in [0.717, 1.165) is 120 Å². The summed E-state index contributed by atoms with van der Waals surface area (Å²) in [6, 6.07) is 12.3. The molecule has 3 N–H and O–H groups in total. The van der Waals surface area contributed by atoms with Crippen molar-refractivity contribution in [3.8, 4) is 50.4 Å². The van der Waals surface area contributed by atoms with Crippen LogP contribution in [0.3, 0.4) is 0 Å². The van der Waals surface area contributed by atoms with Gasteiger partial charge in [-0.15, -0.1) is 0 Å². The zero-order chi connectivity index (χ0) is 38.1. The first kappa shape index (κ1) is 34.5. The van der Waals surface area contributed by atoms with Crippen LogP contribution in [0, 0.1) is 41.5 Å². The molecule has 2 aliphatic carbocycles. The molecule has 6 aromatic heterocycles. The quantitative estimate of drug-likeness (QED) is 0.145. The number of rotatable bonds is 7. The van der Waals surface area contributed by atoms with E-state index in [-0.39, 0.29) is 5.56 Å². The Balaban J connectivity index is 0.000000144. The number of hydrogen-bond acceptors (Lipinski definition) is 9. The van der Waals surface area contributed by atoms with E-state index >= 15 is 0 Å². The number of imidazole rings is 2. The number of hydrogen-bond donors (Lipinski definition) is 3. The third kappa shape index (κ3) is 6.11. The molecule has 2 aliphatic rings. The second-order valence-electron chi connectivity index (χ2n) is 14.9. The smallest absolute Gasteiger partial charge is 0.256 e. The van der Waals surface area contributed by atoms with Gasteiger partial charge in [0, 0.05) is 52.0 Å². The first-order valence-corrected chi connectivity index (χ1v) is 18.7. The fourth-order valence-electron chi connectivity index (χ4n) is 7.76. The lowest BCUT2D eigenvalue weighted by Crippen LogP contribution is -2.10. The number of ether oxygens (including phenoxy) is 1. The number of methoxy groups -OCH3 is 1. The maximum absolute atomic E-state index is 12.6. The molecule has 0 atom stereocenters. The van der Waals surface area contributed by atoms with Crippen molar-refractivity contribution in [2.45, 2.75) is 79.1 Å². The van der Waals surface area contributed by atoms with Gasteiger partial charge in [0.1, 0.15) is 23.2 Å². The average Bonchev–Trinajstić information content (AvgIpc) is 4.05. The molecule has 6 heterocycles. The summed E-state index contributed by atoms with van der Waals surface area (Å²) in [5.41, 5.74) is 14.8. The fourth-order valence-corrected chi connectivity index (χ4v) is 7.76. The van der Waals surface area contributed by atoms with E-state index in [1.807, 2.05) is 52.8 Å². The van der Waals surface area contributed by atoms with Gasteiger partial charge < -0.3 is 28.7 Å². The second-order valence-corrected chi connectivity index (χ2v) is 14.9. The molecule has 10 rings (SSSR count). The van der Waals surface area contributed by atoms with Crippen molar-refractivity contribution in [2.75, 3.05) is 7.11 Å². The SMILES string of the molecule is COc1nccc(C)c1-c1cc(-c2c(C)noc2C)cc2[nH]c(C3CC3)nc12.Cc1cc[nH]c(=O)c1-c1cc(-c2c(C)noc2C)cc2[nH]c(C3CC3)nc12. The Morgan fingerprint density at radius 1 is 0.673 bits per heavy atom. The lowest BCUT2D eigenvalue weighted by molar-refractivity contribution is 0.393. The van der Waals surface area contributed by atoms with Gasteiger partial charge in [0.15, 0.2) is 0 Å². The van der Waals surface area contributed by atoms with Gasteiger partial charge in [-0.05, 0) is 126 Å². The van der Waals surface area contributed by atoms with Crippen LogP contribution < -0.4 is 10.3 Å². The lowest BCUT2D eigenvalue weighted by Gasteiger charge is -2.13. The van der Waals surface area contributed by atoms with Crippen molar-refractivity contribution >= 4 is 22.1 Å². The topological polar surface area (TPSA) is 164 Å². The maximum atomic E-state index is 12.6. The molecule has 0 aliphatic heterocycles. The summed E-state index contributed by atoms with van der Waals surface area (Å²) >= 11 is 0. The summed E-state index contributed by atoms with van der Waals surface area (Å²) in [7, 11) is 1.65. The zero-order valence-corrected chi connectivity index (χ0v) is 32.0. The van der Waals surface area contributed by atoms with Crippen molar-refractivity contribution < 1.29 is 13.8 Å². The highest BCUT2D eigenvalue weighted by Gasteiger charge is 2.30. The van der Waals surface area contributed by atoms with Gasteiger partial charge in [-0.25, -0.2) is 15.0 Å². The number of nitrogens with zero attached hydrogens (tertiary/aromatic N) is 5. The Kier molecular flexibility index (Phi) is 8.29. The molecule has 2 fully saturated rings. The lowest BCUT2D eigenvalue weighted by atomic mass is 9.95. The molecule has 2 aromatic carbocycles. The van der Waals surface area contributed by atoms with Crippen molar-refractivity contribution in [3.63, 3.8) is 0 Å². The molecule has 0 amide bonds. The monoisotopic (exact) mass is 734 g/mol. The molecule has 0 unspecified atom stereocenters. The van der Waals surface area contributed by atoms with Crippen LogP contribution in [0.5, 0.6) is 5.88 Å². The van der Waals surface area contributed by atoms with Crippen molar-refractivity contribution in [1.29, 1.82) is 0 Å². The van der Waals surface area contributed by atoms with Crippen molar-refractivity contribution in [2.24, 2.45) is 0 Å². The molecule has 2 saturated carbocycles. The van der Waals surface area contributed by atoms with Crippen molar-refractivity contribution in [3.05, 3.63) is 105 Å². The van der Waals surface area contributed by atoms with Gasteiger partial charge in [0.25, 0.3) is 5.56 Å². The number of aromatic amines is 3. The molecule has 55 heavy (non-hydrogen) atoms. The standard InChI is InChI=1S/C22H22N4O2.C21H20N4O2/c1-11-7-8-23-22(27-4)18(11)16-9-15(19-12(2)26-28-13(19)3)10-17-20(16)25-21(24-17)14-5-6-14;1-10-6-7-22-21(26)17(10)15-8-14(18-11(2)25-27-12(18)3)9-16-19(15)24-20(23-16)13-4-5-13/h7-10,14H,5-6H2,1-4H3,(H,24,25);6-9,13H,4-5H2,1-3H3,(H,22,26)(H,23,24). The fraction of sp³-hybridized carbons (Fsp3) is 0.302. The minimum Gasteiger partial charge on any atom is -0.481 e. The van der Waals surface area contributed by atoms with Gasteiger partial charge in [-0.2, -0.15) is 0 Å². The first-order chi connectivity index (χ1) is 26.6. The Bertz CT molecular complexity index is 2790. The number of pyridine rings is 2. The highest BCUT2D eigenvalue weighted by atomic mass is 16.5. The molecule has 12 nitrogen and oxygen atoms in total. The number of H-pyrrole nitrogens is 3. The van der Waals surface area contributed by atoms with Crippen LogP contribution in [0.25, 0.3) is 66.6 Å². The summed E-state index contributed by atoms with van der Waals surface area (Å²) in [6.45, 7) is 11.8. The van der Waals surface area contributed by atoms with E-state index in [2.05, 4.69) is 55.4 Å². The molecule has 8 aromatic rings. The highest BCUT2D eigenvalue weighted by molar-refractivity contribution is 5.99. The van der Waals surface area contributed by atoms with Crippen LogP contribution in [-0.2, 0) is 0 Å². The van der Waals surface area contributed by atoms with E-state index in [4.69, 9.17) is 23.8 Å². The van der Waals surface area contributed by atoms with E-state index < -0.39 is 0 Å². The molecule has 0 radical (unpaired) electrons. The third-order valence-corrected chi connectivity index (χ3v) is 10.8. The summed E-state index contributed by atoms with van der Waals surface area (Å²) in [4.78, 5) is 36.7. The minimum atomic E-state index is -0.108. The Labute approximate surface area is 316 Å². The number of fused-ring (bicyclic) bond motifs is 2. The van der Waals surface area contributed by atoms with Gasteiger partial charge in [-0.1, -0.05) is 10.3 Å². The first-order valence-electron chi connectivity index (χ1n) is 18.7. The van der Waals surface area contributed by atoms with Gasteiger partial charge in [0.05, 0.1) is 46.1 Å². The largest absolute Gasteiger partial charge is 0.481 e. The number of aryl methyl sites for hydroxylation is 6. The number of nitrogens with one attached hydrogen (secondary N) is 3. The van der Waals surface area contributed by atoms with Gasteiger partial charge in [0.2, 0.25) is 5.88 Å². The predicted molar refractivity (Wildman–Crippen MR) is 211 cm³/mol. The van der Waals surface area contributed by atoms with Crippen LogP contribution in [0.2, 0.25) is 0 Å². The molecule has 12 heteroatoms. The van der Waals surface area contributed by atoms with Crippen LogP contribution in [0.15, 0.2) is 62.6 Å². The molecule has 0 spiro atoms. The highest BCUT2D eigenvalue weighted by Crippen LogP contribution is 2.44. The van der Waals surface area contributed by atoms with Crippen LogP contribution >= 0.6 is 0 Å². The average molecular weight is 735 g/mol. The van der Waals surface area contributed by atoms with E-state index in [0.29, 0.717) is 23.3 Å². The minimum absolute atomic E-state index is 0.108. The number of benzene rings is 2. The Morgan fingerprint density at radius 2 is 1.18 bits per heavy atom. The van der Waals surface area contributed by atoms with Gasteiger partial charge in [-0.3, -0.25) is 4.79 Å². The molecule has 278 valence electrons. The van der Waals surface area contributed by atoms with E-state index in [1.165, 1.54) is 12.8 Å². The van der Waals surface area contributed by atoms with Crippen LogP contribution in [-0.4, -0.2) is 47.3 Å². The summed E-state index contributed by atoms with van der Waals surface area (Å²) in [5, 5.41) is 8.22. The Hall–Kier alpha value is -6.30. The molecular weight excluding hydrogens is 693 g/mol. The molecular formula is C43H42N8O4.